The van der Waals surface area contributed by atoms with E-state index in [0.717, 1.165) is 5.69 Å². The van der Waals surface area contributed by atoms with E-state index >= 15 is 0 Å². The summed E-state index contributed by atoms with van der Waals surface area (Å²) in [5.74, 6) is 0. The van der Waals surface area contributed by atoms with Crippen LogP contribution in [0.1, 0.15) is 5.69 Å². The van der Waals surface area contributed by atoms with Crippen LogP contribution in [0.3, 0.4) is 0 Å². The van der Waals surface area contributed by atoms with Crippen LogP contribution >= 0.6 is 7.26 Å². The van der Waals surface area contributed by atoms with Gasteiger partial charge in [0, 0.05) is 7.05 Å². The molecule has 0 spiro atoms. The van der Waals surface area contributed by atoms with Crippen molar-refractivity contribution in [2.75, 3.05) is 0 Å². The predicted molar refractivity (Wildman–Crippen MR) is 146 cm³/mol. The third-order valence-electron chi connectivity index (χ3n) is 6.50. The van der Waals surface area contributed by atoms with Crippen LogP contribution in [0.15, 0.2) is 143 Å². The molecule has 5 heteroatoms. The van der Waals surface area contributed by atoms with E-state index in [-0.39, 0.29) is 0 Å². The van der Waals surface area contributed by atoms with Crippen LogP contribution in [0.25, 0.3) is 0 Å². The molecule has 0 fully saturated rings. The summed E-state index contributed by atoms with van der Waals surface area (Å²) in [5, 5.41) is 4.12. The molecule has 3 nitrogen and oxygen atoms in total. The van der Waals surface area contributed by atoms with E-state index in [1.54, 1.807) is 30.3 Å². The maximum atomic E-state index is 13.4. The molecule has 0 amide bonds. The van der Waals surface area contributed by atoms with Gasteiger partial charge in [-0.3, -0.25) is 0 Å². The summed E-state index contributed by atoms with van der Waals surface area (Å²) < 4.78 is 28.7. The zero-order chi connectivity index (χ0) is 24.3. The lowest BCUT2D eigenvalue weighted by Crippen LogP contribution is -2.33. The molecule has 0 N–H and O–H groups in total. The van der Waals surface area contributed by atoms with Crippen molar-refractivity contribution in [1.82, 2.24) is 4.57 Å². The molecule has 4 aromatic carbocycles. The molecule has 1 aromatic heterocycles. The summed E-state index contributed by atoms with van der Waals surface area (Å²) in [4.78, 5) is 0.308. The van der Waals surface area contributed by atoms with Crippen molar-refractivity contribution < 1.29 is 8.42 Å². The molecule has 0 bridgehead atoms. The Morgan fingerprint density at radius 2 is 0.971 bits per heavy atom. The van der Waals surface area contributed by atoms with Crippen molar-refractivity contribution in [3.05, 3.63) is 139 Å². The fourth-order valence-electron chi connectivity index (χ4n) is 4.69. The Morgan fingerprint density at radius 3 is 1.40 bits per heavy atom. The predicted octanol–water partition coefficient (Wildman–Crippen LogP) is 5.35. The van der Waals surface area contributed by atoms with Crippen LogP contribution in [-0.2, 0) is 23.0 Å². The highest BCUT2D eigenvalue weighted by molar-refractivity contribution is 7.95. The largest absolute Gasteiger partial charge is 0.335 e. The molecular formula is C30H27NO2PS+. The van der Waals surface area contributed by atoms with Gasteiger partial charge in [-0.1, -0.05) is 72.8 Å². The highest BCUT2D eigenvalue weighted by atomic mass is 32.2. The highest BCUT2D eigenvalue weighted by Gasteiger charge is 2.46. The quantitative estimate of drug-likeness (QED) is 0.285. The Kier molecular flexibility index (Phi) is 6.42. The van der Waals surface area contributed by atoms with Crippen molar-refractivity contribution in [2.45, 2.75) is 16.1 Å². The second-order valence-electron chi connectivity index (χ2n) is 8.51. The summed E-state index contributed by atoms with van der Waals surface area (Å²) in [6, 6.07) is 44.3. The van der Waals surface area contributed by atoms with Gasteiger partial charge in [0.25, 0.3) is 0 Å². The van der Waals surface area contributed by atoms with Crippen LogP contribution < -0.4 is 15.9 Å². The molecule has 0 aliphatic rings. The van der Waals surface area contributed by atoms with Crippen molar-refractivity contribution in [3.63, 3.8) is 0 Å². The van der Waals surface area contributed by atoms with E-state index in [1.165, 1.54) is 15.9 Å². The molecule has 0 unspecified atom stereocenters. The number of hydrogen-bond donors (Lipinski definition) is 0. The fraction of sp³-hybridized carbons (Fsp3) is 0.0667. The molecule has 0 saturated carbocycles. The van der Waals surface area contributed by atoms with Gasteiger partial charge >= 0.3 is 0 Å². The standard InChI is InChI=1S/C30H27NO2PS/c1-31-25(22-23-30(31)35(32,33)29-20-12-5-13-21-29)24-34(26-14-6-2-7-15-26,27-16-8-3-9-17-27)28-18-10-4-11-19-28/h2-23H,24H2,1H3/q+1. The zero-order valence-electron chi connectivity index (χ0n) is 19.5. The first-order chi connectivity index (χ1) is 17.0. The fourth-order valence-corrected chi connectivity index (χ4v) is 10.5. The van der Waals surface area contributed by atoms with Gasteiger partial charge in [0.2, 0.25) is 9.84 Å². The minimum atomic E-state index is -3.62. The third-order valence-corrected chi connectivity index (χ3v) is 12.7. The average Bonchev–Trinajstić information content (AvgIpc) is 3.29. The summed E-state index contributed by atoms with van der Waals surface area (Å²) >= 11 is 0. The Balaban J connectivity index is 1.71. The second kappa shape index (κ2) is 9.65. The van der Waals surface area contributed by atoms with E-state index in [0.29, 0.717) is 16.1 Å². The lowest BCUT2D eigenvalue weighted by molar-refractivity contribution is 0.584. The van der Waals surface area contributed by atoms with Crippen LogP contribution in [0.2, 0.25) is 0 Å². The van der Waals surface area contributed by atoms with E-state index in [4.69, 9.17) is 0 Å². The minimum absolute atomic E-state index is 0.308. The third kappa shape index (κ3) is 4.25. The SMILES string of the molecule is Cn1c(C[P+](c2ccccc2)(c2ccccc2)c2ccccc2)ccc1S(=O)(=O)c1ccccc1. The van der Waals surface area contributed by atoms with Crippen LogP contribution in [0.4, 0.5) is 0 Å². The average molecular weight is 497 g/mol. The first-order valence-corrected chi connectivity index (χ1v) is 15.0. The molecule has 1 heterocycles. The lowest BCUT2D eigenvalue weighted by Gasteiger charge is -2.28. The van der Waals surface area contributed by atoms with E-state index < -0.39 is 17.1 Å². The number of nitrogens with zero attached hydrogens (tertiary/aromatic N) is 1. The first kappa shape index (κ1) is 23.3. The van der Waals surface area contributed by atoms with Gasteiger partial charge in [-0.05, 0) is 60.7 Å². The van der Waals surface area contributed by atoms with Crippen LogP contribution in [-0.4, -0.2) is 13.0 Å². The van der Waals surface area contributed by atoms with E-state index in [2.05, 4.69) is 72.8 Å². The van der Waals surface area contributed by atoms with Gasteiger partial charge in [-0.15, -0.1) is 0 Å². The van der Waals surface area contributed by atoms with Gasteiger partial charge in [0.05, 0.1) is 10.6 Å². The first-order valence-electron chi connectivity index (χ1n) is 11.5. The Labute approximate surface area is 208 Å². The molecule has 0 aliphatic carbocycles. The number of hydrogen-bond acceptors (Lipinski definition) is 2. The maximum absolute atomic E-state index is 13.4. The van der Waals surface area contributed by atoms with Gasteiger partial charge in [-0.25, -0.2) is 8.42 Å². The smallest absolute Gasteiger partial charge is 0.222 e. The summed E-state index contributed by atoms with van der Waals surface area (Å²) in [6.07, 6.45) is 0.714. The number of aromatic nitrogens is 1. The van der Waals surface area contributed by atoms with E-state index in [1.807, 2.05) is 41.9 Å². The topological polar surface area (TPSA) is 39.1 Å². The maximum Gasteiger partial charge on any atom is 0.222 e. The molecule has 174 valence electrons. The van der Waals surface area contributed by atoms with Crippen molar-refractivity contribution >= 4 is 33.0 Å². The summed E-state index contributed by atoms with van der Waals surface area (Å²) in [6.45, 7) is 0. The van der Waals surface area contributed by atoms with Gasteiger partial charge in [0.15, 0.2) is 0 Å². The molecule has 5 rings (SSSR count). The zero-order valence-corrected chi connectivity index (χ0v) is 21.2. The van der Waals surface area contributed by atoms with Gasteiger partial charge in [0.1, 0.15) is 34.4 Å². The number of benzene rings is 4. The van der Waals surface area contributed by atoms with Crippen molar-refractivity contribution in [1.29, 1.82) is 0 Å². The number of sulfone groups is 1. The Hall–Kier alpha value is -3.46. The number of rotatable bonds is 7. The summed E-state index contributed by atoms with van der Waals surface area (Å²) in [5.41, 5.74) is 0.990. The van der Waals surface area contributed by atoms with Gasteiger partial charge < -0.3 is 4.57 Å². The molecule has 35 heavy (non-hydrogen) atoms. The van der Waals surface area contributed by atoms with Gasteiger partial charge in [-0.2, -0.15) is 0 Å². The van der Waals surface area contributed by atoms with Crippen molar-refractivity contribution in [3.8, 4) is 0 Å². The molecule has 0 saturated heterocycles. The van der Waals surface area contributed by atoms with E-state index in [9.17, 15) is 8.42 Å². The normalized spacial score (nSPS) is 11.9. The van der Waals surface area contributed by atoms with Crippen molar-refractivity contribution in [2.24, 2.45) is 7.05 Å². The Bertz CT molecular complexity index is 1420. The molecule has 0 radical (unpaired) electrons. The monoisotopic (exact) mass is 496 g/mol. The lowest BCUT2D eigenvalue weighted by atomic mass is 10.3. The molecule has 5 aromatic rings. The molecular weight excluding hydrogens is 469 g/mol. The van der Waals surface area contributed by atoms with Crippen LogP contribution in [0, 0.1) is 0 Å². The highest BCUT2D eigenvalue weighted by Crippen LogP contribution is 2.58. The van der Waals surface area contributed by atoms with Crippen LogP contribution in [0.5, 0.6) is 0 Å². The summed E-state index contributed by atoms with van der Waals surface area (Å²) in [7, 11) is -3.89. The minimum Gasteiger partial charge on any atom is -0.335 e. The molecule has 0 atom stereocenters. The second-order valence-corrected chi connectivity index (χ2v) is 13.9. The Morgan fingerprint density at radius 1 is 0.571 bits per heavy atom. The molecule has 0 aliphatic heterocycles.